The van der Waals surface area contributed by atoms with Crippen LogP contribution in [0.3, 0.4) is 0 Å². The molecule has 0 aromatic heterocycles. The molecule has 2 heteroatoms. The molecule has 1 unspecified atom stereocenters. The fourth-order valence-electron chi connectivity index (χ4n) is 2.55. The molecule has 0 spiro atoms. The maximum atomic E-state index is 5.83. The van der Waals surface area contributed by atoms with Gasteiger partial charge in [-0.15, -0.1) is 0 Å². The van der Waals surface area contributed by atoms with Crippen LogP contribution >= 0.6 is 0 Å². The van der Waals surface area contributed by atoms with E-state index in [2.05, 4.69) is 30.4 Å². The van der Waals surface area contributed by atoms with Crippen LogP contribution in [0.5, 0.6) is 5.75 Å². The van der Waals surface area contributed by atoms with Crippen LogP contribution in [0, 0.1) is 5.92 Å². The Labute approximate surface area is 97.0 Å². The van der Waals surface area contributed by atoms with Crippen LogP contribution in [-0.2, 0) is 6.42 Å². The minimum absolute atomic E-state index is 0.536. The molecule has 1 aromatic rings. The van der Waals surface area contributed by atoms with Crippen molar-refractivity contribution >= 4 is 5.69 Å². The molecule has 1 heterocycles. The highest BCUT2D eigenvalue weighted by Crippen LogP contribution is 2.37. The SMILES string of the molecule is CCc1ccc2c(c1)NC(C1CCC1)CO2. The summed E-state index contributed by atoms with van der Waals surface area (Å²) in [6.45, 7) is 3.03. The van der Waals surface area contributed by atoms with Gasteiger partial charge >= 0.3 is 0 Å². The first-order valence-corrected chi connectivity index (χ1v) is 6.39. The number of anilines is 1. The number of benzene rings is 1. The Bertz CT molecular complexity index is 384. The molecule has 86 valence electrons. The van der Waals surface area contributed by atoms with Crippen LogP contribution < -0.4 is 10.1 Å². The lowest BCUT2D eigenvalue weighted by atomic mass is 9.79. The van der Waals surface area contributed by atoms with Crippen LogP contribution in [0.1, 0.15) is 31.7 Å². The third kappa shape index (κ3) is 1.66. The Morgan fingerprint density at radius 3 is 2.94 bits per heavy atom. The van der Waals surface area contributed by atoms with E-state index in [9.17, 15) is 0 Å². The normalized spacial score (nSPS) is 23.9. The quantitative estimate of drug-likeness (QED) is 0.821. The van der Waals surface area contributed by atoms with E-state index >= 15 is 0 Å². The second-order valence-electron chi connectivity index (χ2n) is 4.94. The molecule has 16 heavy (non-hydrogen) atoms. The van der Waals surface area contributed by atoms with Crippen molar-refractivity contribution in [1.82, 2.24) is 0 Å². The zero-order chi connectivity index (χ0) is 11.0. The van der Waals surface area contributed by atoms with Crippen molar-refractivity contribution < 1.29 is 4.74 Å². The Morgan fingerprint density at radius 2 is 2.25 bits per heavy atom. The van der Waals surface area contributed by atoms with E-state index in [-0.39, 0.29) is 0 Å². The fourth-order valence-corrected chi connectivity index (χ4v) is 2.55. The van der Waals surface area contributed by atoms with Crippen LogP contribution in [0.15, 0.2) is 18.2 Å². The van der Waals surface area contributed by atoms with E-state index in [0.717, 1.165) is 24.7 Å². The van der Waals surface area contributed by atoms with Gasteiger partial charge in [0.1, 0.15) is 12.4 Å². The first-order valence-electron chi connectivity index (χ1n) is 6.39. The fraction of sp³-hybridized carbons (Fsp3) is 0.571. The van der Waals surface area contributed by atoms with Crippen LogP contribution in [0.4, 0.5) is 5.69 Å². The highest BCUT2D eigenvalue weighted by atomic mass is 16.5. The maximum Gasteiger partial charge on any atom is 0.142 e. The second kappa shape index (κ2) is 4.00. The van der Waals surface area contributed by atoms with Crippen LogP contribution in [0.25, 0.3) is 0 Å². The van der Waals surface area contributed by atoms with E-state index in [4.69, 9.17) is 4.74 Å². The van der Waals surface area contributed by atoms with Crippen molar-refractivity contribution in [1.29, 1.82) is 0 Å². The highest BCUT2D eigenvalue weighted by Gasteiger charge is 2.30. The number of hydrogen-bond donors (Lipinski definition) is 1. The molecule has 3 rings (SSSR count). The summed E-state index contributed by atoms with van der Waals surface area (Å²) in [5.41, 5.74) is 2.58. The standard InChI is InChI=1S/C14H19NO/c1-2-10-6-7-14-12(8-10)15-13(9-16-14)11-4-3-5-11/h6-8,11,13,15H,2-5,9H2,1H3. The molecular weight excluding hydrogens is 198 g/mol. The third-order valence-corrected chi connectivity index (χ3v) is 3.93. The number of ether oxygens (including phenoxy) is 1. The largest absolute Gasteiger partial charge is 0.489 e. The molecule has 0 amide bonds. The Hall–Kier alpha value is -1.18. The van der Waals surface area contributed by atoms with Gasteiger partial charge in [0.25, 0.3) is 0 Å². The molecule has 1 aliphatic carbocycles. The van der Waals surface area contributed by atoms with Gasteiger partial charge in [-0.05, 0) is 42.9 Å². The van der Waals surface area contributed by atoms with Crippen molar-refractivity contribution in [3.05, 3.63) is 23.8 Å². The van der Waals surface area contributed by atoms with E-state index in [1.807, 2.05) is 0 Å². The smallest absolute Gasteiger partial charge is 0.142 e. The minimum Gasteiger partial charge on any atom is -0.489 e. The number of hydrogen-bond acceptors (Lipinski definition) is 2. The summed E-state index contributed by atoms with van der Waals surface area (Å²) in [6.07, 6.45) is 5.21. The average Bonchev–Trinajstić information content (AvgIpc) is 2.26. The summed E-state index contributed by atoms with van der Waals surface area (Å²) in [7, 11) is 0. The van der Waals surface area contributed by atoms with Crippen LogP contribution in [0.2, 0.25) is 0 Å². The Balaban J connectivity index is 1.80. The van der Waals surface area contributed by atoms with Gasteiger partial charge in [-0.25, -0.2) is 0 Å². The van der Waals surface area contributed by atoms with E-state index < -0.39 is 0 Å². The topological polar surface area (TPSA) is 21.3 Å². The third-order valence-electron chi connectivity index (χ3n) is 3.93. The molecule has 1 fully saturated rings. The lowest BCUT2D eigenvalue weighted by Gasteiger charge is -2.37. The molecule has 0 radical (unpaired) electrons. The summed E-state index contributed by atoms with van der Waals surface area (Å²) in [4.78, 5) is 0. The number of aryl methyl sites for hydroxylation is 1. The minimum atomic E-state index is 0.536. The first kappa shape index (κ1) is 10.0. The zero-order valence-electron chi connectivity index (χ0n) is 9.83. The van der Waals surface area contributed by atoms with Gasteiger partial charge in [-0.2, -0.15) is 0 Å². The van der Waals surface area contributed by atoms with Gasteiger partial charge in [-0.3, -0.25) is 0 Å². The molecular formula is C14H19NO. The van der Waals surface area contributed by atoms with Gasteiger partial charge in [0.15, 0.2) is 0 Å². The maximum absolute atomic E-state index is 5.83. The lowest BCUT2D eigenvalue weighted by molar-refractivity contribution is 0.191. The molecule has 0 bridgehead atoms. The first-order chi connectivity index (χ1) is 7.86. The van der Waals surface area contributed by atoms with Crippen molar-refractivity contribution in [3.63, 3.8) is 0 Å². The number of nitrogens with one attached hydrogen (secondary N) is 1. The summed E-state index contributed by atoms with van der Waals surface area (Å²) in [6, 6.07) is 7.02. The molecule has 2 aliphatic rings. The zero-order valence-corrected chi connectivity index (χ0v) is 9.83. The van der Waals surface area contributed by atoms with E-state index in [1.165, 1.54) is 30.5 Å². The molecule has 1 aliphatic heterocycles. The van der Waals surface area contributed by atoms with Crippen molar-refractivity contribution in [2.24, 2.45) is 5.92 Å². The molecule has 1 atom stereocenters. The molecule has 1 aromatic carbocycles. The molecule has 0 saturated heterocycles. The monoisotopic (exact) mass is 217 g/mol. The summed E-state index contributed by atoms with van der Waals surface area (Å²) in [5, 5.41) is 3.65. The predicted molar refractivity (Wildman–Crippen MR) is 66.1 cm³/mol. The van der Waals surface area contributed by atoms with Gasteiger partial charge in [0, 0.05) is 0 Å². The second-order valence-corrected chi connectivity index (χ2v) is 4.94. The highest BCUT2D eigenvalue weighted by molar-refractivity contribution is 5.60. The van der Waals surface area contributed by atoms with Gasteiger partial charge in [0.05, 0.1) is 11.7 Å². The average molecular weight is 217 g/mol. The summed E-state index contributed by atoms with van der Waals surface area (Å²) < 4.78 is 5.83. The molecule has 2 nitrogen and oxygen atoms in total. The molecule has 1 N–H and O–H groups in total. The summed E-state index contributed by atoms with van der Waals surface area (Å²) in [5.74, 6) is 1.85. The number of rotatable bonds is 2. The van der Waals surface area contributed by atoms with Crippen molar-refractivity contribution in [2.75, 3.05) is 11.9 Å². The van der Waals surface area contributed by atoms with Crippen molar-refractivity contribution in [2.45, 2.75) is 38.6 Å². The van der Waals surface area contributed by atoms with E-state index in [1.54, 1.807) is 0 Å². The predicted octanol–water partition coefficient (Wildman–Crippen LogP) is 3.22. The van der Waals surface area contributed by atoms with Gasteiger partial charge in [-0.1, -0.05) is 19.4 Å². The van der Waals surface area contributed by atoms with Crippen LogP contribution in [-0.4, -0.2) is 12.6 Å². The van der Waals surface area contributed by atoms with Crippen molar-refractivity contribution in [3.8, 4) is 5.75 Å². The molecule has 1 saturated carbocycles. The Morgan fingerprint density at radius 1 is 1.38 bits per heavy atom. The lowest BCUT2D eigenvalue weighted by Crippen LogP contribution is -2.40. The summed E-state index contributed by atoms with van der Waals surface area (Å²) >= 11 is 0. The Kier molecular flexibility index (Phi) is 2.50. The van der Waals surface area contributed by atoms with E-state index in [0.29, 0.717) is 6.04 Å². The number of fused-ring (bicyclic) bond motifs is 1. The van der Waals surface area contributed by atoms with Gasteiger partial charge in [0.2, 0.25) is 0 Å². The van der Waals surface area contributed by atoms with Gasteiger partial charge < -0.3 is 10.1 Å².